The van der Waals surface area contributed by atoms with Gasteiger partial charge in [-0.3, -0.25) is 0 Å². The van der Waals surface area contributed by atoms with Crippen molar-refractivity contribution in [2.45, 2.75) is 0 Å². The third-order valence-corrected chi connectivity index (χ3v) is 4.40. The van der Waals surface area contributed by atoms with Gasteiger partial charge in [0.25, 0.3) is 0 Å². The molecule has 0 heterocycles. The van der Waals surface area contributed by atoms with E-state index in [4.69, 9.17) is 0 Å². The van der Waals surface area contributed by atoms with Crippen LogP contribution in [-0.2, 0) is 0 Å². The quantitative estimate of drug-likeness (QED) is 0.158. The van der Waals surface area contributed by atoms with Gasteiger partial charge in [-0.15, -0.1) is 0 Å². The molecule has 180 valence electrons. The molecule has 0 aliphatic carbocycles. The van der Waals surface area contributed by atoms with Crippen molar-refractivity contribution in [3.63, 3.8) is 0 Å². The maximum absolute atomic E-state index is 14.5. The molecular weight excluding hydrogens is 488 g/mol. The molecule has 0 bridgehead atoms. The van der Waals surface area contributed by atoms with Crippen molar-refractivity contribution in [3.05, 3.63) is 64.2 Å². The summed E-state index contributed by atoms with van der Waals surface area (Å²) < 4.78 is 123. The highest BCUT2D eigenvalue weighted by molar-refractivity contribution is 5.92. The highest BCUT2D eigenvalue weighted by Gasteiger charge is 2.35. The van der Waals surface area contributed by atoms with E-state index < -0.39 is 97.9 Å². The zero-order valence-corrected chi connectivity index (χ0v) is 16.2. The summed E-state index contributed by atoms with van der Waals surface area (Å²) in [6.45, 7) is 0. The topological polar surface area (TPSA) is 96.2 Å². The number of aromatic hydroxyl groups is 3. The van der Waals surface area contributed by atoms with Crippen LogP contribution in [0.2, 0.25) is 0 Å². The van der Waals surface area contributed by atoms with Crippen molar-refractivity contribution >= 4 is 5.97 Å². The molecule has 14 heteroatoms. The standard InChI is InChI=1S/C20H8F8O6/c1-33-18-13(25)9(21)7(10(22)14(18)26)8-11(23)15(27)19(16(28)12(8)24)34-20(32)4-2-5(29)17(31)6(30)3-4/h2-3,29-31H,1H3. The van der Waals surface area contributed by atoms with Crippen LogP contribution in [0.1, 0.15) is 10.4 Å². The van der Waals surface area contributed by atoms with Crippen molar-refractivity contribution in [2.24, 2.45) is 0 Å². The summed E-state index contributed by atoms with van der Waals surface area (Å²) in [4.78, 5) is 12.0. The Morgan fingerprint density at radius 3 is 1.35 bits per heavy atom. The first-order valence-electron chi connectivity index (χ1n) is 8.56. The molecule has 34 heavy (non-hydrogen) atoms. The number of hydrogen-bond donors (Lipinski definition) is 3. The molecule has 0 saturated carbocycles. The molecule has 3 N–H and O–H groups in total. The molecule has 0 atom stereocenters. The van der Waals surface area contributed by atoms with Crippen LogP contribution in [0.15, 0.2) is 12.1 Å². The number of carbonyl (C=O) groups excluding carboxylic acids is 1. The summed E-state index contributed by atoms with van der Waals surface area (Å²) in [6, 6.07) is 0.893. The minimum atomic E-state index is -2.60. The number of phenols is 3. The summed E-state index contributed by atoms with van der Waals surface area (Å²) in [5.74, 6) is -28.5. The van der Waals surface area contributed by atoms with Crippen LogP contribution in [0, 0.1) is 46.5 Å². The van der Waals surface area contributed by atoms with E-state index in [0.717, 1.165) is 0 Å². The Morgan fingerprint density at radius 2 is 1.00 bits per heavy atom. The maximum atomic E-state index is 14.5. The summed E-state index contributed by atoms with van der Waals surface area (Å²) in [6.07, 6.45) is 0. The molecule has 3 aromatic carbocycles. The third kappa shape index (κ3) is 3.66. The first-order chi connectivity index (χ1) is 15.8. The van der Waals surface area contributed by atoms with Crippen molar-refractivity contribution in [2.75, 3.05) is 7.11 Å². The van der Waals surface area contributed by atoms with E-state index in [1.165, 1.54) is 0 Å². The van der Waals surface area contributed by atoms with Gasteiger partial charge < -0.3 is 24.8 Å². The van der Waals surface area contributed by atoms with E-state index in [1.54, 1.807) is 0 Å². The zero-order chi connectivity index (χ0) is 25.6. The van der Waals surface area contributed by atoms with Gasteiger partial charge in [0.15, 0.2) is 46.3 Å². The van der Waals surface area contributed by atoms with Gasteiger partial charge in [-0.05, 0) is 12.1 Å². The third-order valence-electron chi connectivity index (χ3n) is 4.40. The molecule has 0 aliphatic heterocycles. The molecule has 3 aromatic rings. The number of hydrogen-bond acceptors (Lipinski definition) is 6. The van der Waals surface area contributed by atoms with E-state index in [0.29, 0.717) is 19.2 Å². The lowest BCUT2D eigenvalue weighted by atomic mass is 10.0. The summed E-state index contributed by atoms with van der Waals surface area (Å²) in [5.41, 5.74) is -5.23. The first-order valence-corrected chi connectivity index (χ1v) is 8.56. The van der Waals surface area contributed by atoms with Crippen LogP contribution in [0.25, 0.3) is 11.1 Å². The molecule has 0 aliphatic rings. The zero-order valence-electron chi connectivity index (χ0n) is 16.2. The van der Waals surface area contributed by atoms with Crippen LogP contribution in [-0.4, -0.2) is 28.4 Å². The lowest BCUT2D eigenvalue weighted by Crippen LogP contribution is -2.14. The van der Waals surface area contributed by atoms with Crippen LogP contribution in [0.3, 0.4) is 0 Å². The van der Waals surface area contributed by atoms with Gasteiger partial charge in [0.05, 0.1) is 23.8 Å². The number of phenolic OH excluding ortho intramolecular Hbond substituents is 3. The lowest BCUT2D eigenvalue weighted by molar-refractivity contribution is 0.0716. The average molecular weight is 496 g/mol. The summed E-state index contributed by atoms with van der Waals surface area (Å²) in [7, 11) is 0.608. The second-order valence-electron chi connectivity index (χ2n) is 6.38. The summed E-state index contributed by atoms with van der Waals surface area (Å²) in [5, 5.41) is 28.0. The van der Waals surface area contributed by atoms with Crippen LogP contribution < -0.4 is 9.47 Å². The van der Waals surface area contributed by atoms with E-state index in [-0.39, 0.29) is 0 Å². The number of ether oxygens (including phenoxy) is 2. The highest BCUT2D eigenvalue weighted by Crippen LogP contribution is 2.42. The van der Waals surface area contributed by atoms with E-state index in [9.17, 15) is 55.2 Å². The van der Waals surface area contributed by atoms with Gasteiger partial charge in [-0.2, -0.15) is 17.6 Å². The molecule has 0 amide bonds. The monoisotopic (exact) mass is 496 g/mol. The second kappa shape index (κ2) is 8.61. The van der Waals surface area contributed by atoms with Gasteiger partial charge in [-0.25, -0.2) is 22.4 Å². The fourth-order valence-electron chi connectivity index (χ4n) is 2.80. The molecule has 0 aromatic heterocycles. The van der Waals surface area contributed by atoms with Crippen LogP contribution >= 0.6 is 0 Å². The Labute approximate surface area is 182 Å². The predicted octanol–water partition coefficient (Wildman–Crippen LogP) is 4.81. The summed E-state index contributed by atoms with van der Waals surface area (Å²) >= 11 is 0. The number of carbonyl (C=O) groups is 1. The Bertz CT molecular complexity index is 1280. The van der Waals surface area contributed by atoms with E-state index in [2.05, 4.69) is 9.47 Å². The van der Waals surface area contributed by atoms with Gasteiger partial charge >= 0.3 is 5.97 Å². The fourth-order valence-corrected chi connectivity index (χ4v) is 2.80. The van der Waals surface area contributed by atoms with Crippen molar-refractivity contribution in [3.8, 4) is 39.9 Å². The largest absolute Gasteiger partial charge is 0.504 e. The number of methoxy groups -OCH3 is 1. The molecule has 0 unspecified atom stereocenters. The Balaban J connectivity index is 2.19. The van der Waals surface area contributed by atoms with Crippen molar-refractivity contribution < 1.29 is 64.7 Å². The maximum Gasteiger partial charge on any atom is 0.344 e. The van der Waals surface area contributed by atoms with Gasteiger partial charge in [0.1, 0.15) is 0 Å². The Hall–Kier alpha value is -4.23. The van der Waals surface area contributed by atoms with E-state index in [1.807, 2.05) is 0 Å². The molecule has 6 nitrogen and oxygen atoms in total. The van der Waals surface area contributed by atoms with Gasteiger partial charge in [0.2, 0.25) is 29.0 Å². The molecule has 0 radical (unpaired) electrons. The SMILES string of the molecule is COc1c(F)c(F)c(-c2c(F)c(F)c(OC(=O)c3cc(O)c(O)c(O)c3)c(F)c2F)c(F)c1F. The Morgan fingerprint density at radius 1 is 0.647 bits per heavy atom. The molecular formula is C20H8F8O6. The number of benzene rings is 3. The van der Waals surface area contributed by atoms with Crippen LogP contribution in [0.5, 0.6) is 28.7 Å². The van der Waals surface area contributed by atoms with Crippen LogP contribution in [0.4, 0.5) is 35.1 Å². The Kier molecular flexibility index (Phi) is 6.18. The molecule has 3 rings (SSSR count). The molecule has 0 spiro atoms. The van der Waals surface area contributed by atoms with Gasteiger partial charge in [-0.1, -0.05) is 0 Å². The van der Waals surface area contributed by atoms with E-state index >= 15 is 0 Å². The van der Waals surface area contributed by atoms with Crippen molar-refractivity contribution in [1.29, 1.82) is 0 Å². The van der Waals surface area contributed by atoms with Gasteiger partial charge in [0, 0.05) is 0 Å². The normalized spacial score (nSPS) is 11.0. The number of esters is 1. The molecule has 0 fully saturated rings. The first kappa shape index (κ1) is 24.4. The van der Waals surface area contributed by atoms with Crippen molar-refractivity contribution in [1.82, 2.24) is 0 Å². The molecule has 0 saturated heterocycles. The minimum absolute atomic E-state index is 0.446. The second-order valence-corrected chi connectivity index (χ2v) is 6.38. The average Bonchev–Trinajstić information content (AvgIpc) is 2.79. The predicted molar refractivity (Wildman–Crippen MR) is 94.5 cm³/mol. The number of halogens is 8. The highest BCUT2D eigenvalue weighted by atomic mass is 19.2. The minimum Gasteiger partial charge on any atom is -0.504 e. The number of rotatable bonds is 4. The smallest absolute Gasteiger partial charge is 0.344 e. The fraction of sp³-hybridized carbons (Fsp3) is 0.0500. The lowest BCUT2D eigenvalue weighted by Gasteiger charge is -2.15.